The first-order valence-electron chi connectivity index (χ1n) is 11.0. The van der Waals surface area contributed by atoms with E-state index in [1.54, 1.807) is 4.90 Å². The van der Waals surface area contributed by atoms with Gasteiger partial charge in [-0.3, -0.25) is 4.79 Å². The number of hydrogen-bond acceptors (Lipinski definition) is 6. The molecule has 1 aliphatic rings. The van der Waals surface area contributed by atoms with Gasteiger partial charge in [-0.05, 0) is 78.0 Å². The average molecular weight is 435 g/mol. The van der Waals surface area contributed by atoms with Crippen LogP contribution in [0, 0.1) is 11.8 Å². The normalized spacial score (nSPS) is 17.9. The van der Waals surface area contributed by atoms with E-state index in [1.165, 1.54) is 0 Å². The molecule has 0 spiro atoms. The van der Waals surface area contributed by atoms with Crippen LogP contribution in [0.15, 0.2) is 24.3 Å². The summed E-state index contributed by atoms with van der Waals surface area (Å²) in [6.07, 6.45) is 0.906. The molecule has 7 nitrogen and oxygen atoms in total. The van der Waals surface area contributed by atoms with Crippen molar-refractivity contribution in [1.29, 1.82) is 0 Å². The highest BCUT2D eigenvalue weighted by Crippen LogP contribution is 2.31. The zero-order valence-electron chi connectivity index (χ0n) is 19.8. The molecule has 174 valence electrons. The molecule has 2 atom stereocenters. The molecule has 0 unspecified atom stereocenters. The van der Waals surface area contributed by atoms with Gasteiger partial charge in [0.05, 0.1) is 5.92 Å². The van der Waals surface area contributed by atoms with Crippen molar-refractivity contribution in [3.63, 3.8) is 0 Å². The Kier molecular flexibility index (Phi) is 8.34. The summed E-state index contributed by atoms with van der Waals surface area (Å²) in [4.78, 5) is 27.3. The fourth-order valence-corrected chi connectivity index (χ4v) is 3.62. The van der Waals surface area contributed by atoms with Gasteiger partial charge >= 0.3 is 12.1 Å². The van der Waals surface area contributed by atoms with Crippen LogP contribution in [-0.4, -0.2) is 54.4 Å². The second-order valence-electron chi connectivity index (χ2n) is 10.1. The number of amides is 1. The van der Waals surface area contributed by atoms with Gasteiger partial charge in [-0.1, -0.05) is 12.1 Å². The second kappa shape index (κ2) is 10.4. The third-order valence-corrected chi connectivity index (χ3v) is 4.90. The molecule has 1 amide bonds. The van der Waals surface area contributed by atoms with Crippen molar-refractivity contribution < 1.29 is 23.8 Å². The van der Waals surface area contributed by atoms with Crippen LogP contribution in [0.5, 0.6) is 5.75 Å². The quantitative estimate of drug-likeness (QED) is 0.657. The molecule has 31 heavy (non-hydrogen) atoms. The van der Waals surface area contributed by atoms with Gasteiger partial charge in [-0.25, -0.2) is 4.79 Å². The molecular weight excluding hydrogens is 396 g/mol. The minimum absolute atomic E-state index is 0.00372. The molecule has 1 saturated heterocycles. The first-order valence-corrected chi connectivity index (χ1v) is 11.0. The van der Waals surface area contributed by atoms with Gasteiger partial charge in [0.25, 0.3) is 0 Å². The Morgan fingerprint density at radius 1 is 1.13 bits per heavy atom. The SMILES string of the molecule is CC(C)(C)OC(=O)[C@H](Cc1cccc(OCCN)c1)[C@H]1CCN(C(=O)OC(C)(C)C)C1. The number of nitrogens with two attached hydrogens (primary N) is 1. The van der Waals surface area contributed by atoms with Crippen LogP contribution < -0.4 is 10.5 Å². The Labute approximate surface area is 186 Å². The molecule has 1 aromatic carbocycles. The Balaban J connectivity index is 2.16. The molecule has 1 fully saturated rings. The highest BCUT2D eigenvalue weighted by atomic mass is 16.6. The molecule has 1 heterocycles. The molecule has 0 bridgehead atoms. The lowest BCUT2D eigenvalue weighted by Crippen LogP contribution is -2.38. The van der Waals surface area contributed by atoms with Crippen LogP contribution in [-0.2, 0) is 20.7 Å². The number of rotatable bonds is 7. The van der Waals surface area contributed by atoms with Gasteiger partial charge in [-0.2, -0.15) is 0 Å². The topological polar surface area (TPSA) is 91.1 Å². The maximum absolute atomic E-state index is 13.1. The third-order valence-electron chi connectivity index (χ3n) is 4.90. The Morgan fingerprint density at radius 2 is 1.81 bits per heavy atom. The zero-order chi connectivity index (χ0) is 23.2. The van der Waals surface area contributed by atoms with Crippen LogP contribution in [0.4, 0.5) is 4.79 Å². The van der Waals surface area contributed by atoms with Crippen LogP contribution >= 0.6 is 0 Å². The van der Waals surface area contributed by atoms with Gasteiger partial charge in [0.1, 0.15) is 23.6 Å². The lowest BCUT2D eigenvalue weighted by molar-refractivity contribution is -0.161. The van der Waals surface area contributed by atoms with Gasteiger partial charge in [0.2, 0.25) is 0 Å². The molecule has 7 heteroatoms. The van der Waals surface area contributed by atoms with E-state index in [-0.39, 0.29) is 23.9 Å². The molecule has 0 aromatic heterocycles. The first-order chi connectivity index (χ1) is 14.4. The highest BCUT2D eigenvalue weighted by Gasteiger charge is 2.39. The predicted octanol–water partition coefficient (Wildman–Crippen LogP) is 3.78. The standard InChI is InChI=1S/C24H38N2O5/c1-23(2,3)30-21(27)20(15-17-8-7-9-19(14-17)29-13-11-25)18-10-12-26(16-18)22(28)31-24(4,5)6/h7-9,14,18,20H,10-13,15-16,25H2,1-6H3/t18-,20+/m0/s1. The van der Waals surface area contributed by atoms with Gasteiger partial charge in [0, 0.05) is 19.6 Å². The summed E-state index contributed by atoms with van der Waals surface area (Å²) < 4.78 is 16.9. The highest BCUT2D eigenvalue weighted by molar-refractivity contribution is 5.74. The van der Waals surface area contributed by atoms with Crippen molar-refractivity contribution in [2.45, 2.75) is 65.6 Å². The summed E-state index contributed by atoms with van der Waals surface area (Å²) in [5.74, 6) is 0.122. The Morgan fingerprint density at radius 3 is 2.42 bits per heavy atom. The lowest BCUT2D eigenvalue weighted by Gasteiger charge is -2.28. The van der Waals surface area contributed by atoms with Crippen molar-refractivity contribution >= 4 is 12.1 Å². The summed E-state index contributed by atoms with van der Waals surface area (Å²) in [6.45, 7) is 13.1. The fraction of sp³-hybridized carbons (Fsp3) is 0.667. The van der Waals surface area contributed by atoms with Crippen LogP contribution in [0.25, 0.3) is 0 Å². The largest absolute Gasteiger partial charge is 0.492 e. The van der Waals surface area contributed by atoms with E-state index in [0.29, 0.717) is 32.7 Å². The second-order valence-corrected chi connectivity index (χ2v) is 10.1. The van der Waals surface area contributed by atoms with Crippen molar-refractivity contribution in [2.75, 3.05) is 26.2 Å². The van der Waals surface area contributed by atoms with E-state index in [1.807, 2.05) is 65.8 Å². The smallest absolute Gasteiger partial charge is 0.410 e. The number of benzene rings is 1. The van der Waals surface area contributed by atoms with Gasteiger partial charge in [0.15, 0.2) is 0 Å². The van der Waals surface area contributed by atoms with Crippen LogP contribution in [0.3, 0.4) is 0 Å². The van der Waals surface area contributed by atoms with E-state index in [9.17, 15) is 9.59 Å². The number of ether oxygens (including phenoxy) is 3. The molecule has 0 aliphatic carbocycles. The van der Waals surface area contributed by atoms with Gasteiger partial charge < -0.3 is 24.8 Å². The van der Waals surface area contributed by atoms with Gasteiger partial charge in [-0.15, -0.1) is 0 Å². The molecule has 1 aromatic rings. The predicted molar refractivity (Wildman–Crippen MR) is 120 cm³/mol. The maximum Gasteiger partial charge on any atom is 0.410 e. The minimum atomic E-state index is -0.578. The molecule has 2 N–H and O–H groups in total. The fourth-order valence-electron chi connectivity index (χ4n) is 3.62. The van der Waals surface area contributed by atoms with Crippen molar-refractivity contribution in [3.05, 3.63) is 29.8 Å². The molecular formula is C24H38N2O5. The van der Waals surface area contributed by atoms with E-state index in [0.717, 1.165) is 17.7 Å². The zero-order valence-corrected chi connectivity index (χ0v) is 19.8. The molecule has 0 radical (unpaired) electrons. The monoisotopic (exact) mass is 434 g/mol. The first kappa shape index (κ1) is 25.0. The van der Waals surface area contributed by atoms with Crippen molar-refractivity contribution in [2.24, 2.45) is 17.6 Å². The van der Waals surface area contributed by atoms with Crippen LogP contribution in [0.1, 0.15) is 53.5 Å². The minimum Gasteiger partial charge on any atom is -0.492 e. The Bertz CT molecular complexity index is 751. The summed E-state index contributed by atoms with van der Waals surface area (Å²) in [6, 6.07) is 7.71. The molecule has 1 aliphatic heterocycles. The number of likely N-dealkylation sites (tertiary alicyclic amines) is 1. The molecule has 0 saturated carbocycles. The Hall–Kier alpha value is -2.28. The van der Waals surface area contributed by atoms with E-state index in [4.69, 9.17) is 19.9 Å². The van der Waals surface area contributed by atoms with E-state index in [2.05, 4.69) is 0 Å². The number of esters is 1. The molecule has 2 rings (SSSR count). The number of carbonyl (C=O) groups is 2. The number of hydrogen-bond donors (Lipinski definition) is 1. The van der Waals surface area contributed by atoms with Crippen molar-refractivity contribution in [3.8, 4) is 5.75 Å². The number of nitrogens with zero attached hydrogens (tertiary/aromatic N) is 1. The lowest BCUT2D eigenvalue weighted by atomic mass is 9.86. The average Bonchev–Trinajstić information content (AvgIpc) is 3.12. The number of carbonyl (C=O) groups excluding carboxylic acids is 2. The van der Waals surface area contributed by atoms with E-state index < -0.39 is 11.2 Å². The van der Waals surface area contributed by atoms with Crippen LogP contribution in [0.2, 0.25) is 0 Å². The van der Waals surface area contributed by atoms with Crippen molar-refractivity contribution in [1.82, 2.24) is 4.90 Å². The summed E-state index contributed by atoms with van der Waals surface area (Å²) in [5.41, 5.74) is 5.38. The van der Waals surface area contributed by atoms with E-state index >= 15 is 0 Å². The summed E-state index contributed by atoms with van der Waals surface area (Å²) in [5, 5.41) is 0. The maximum atomic E-state index is 13.1. The summed E-state index contributed by atoms with van der Waals surface area (Å²) in [7, 11) is 0. The summed E-state index contributed by atoms with van der Waals surface area (Å²) >= 11 is 0. The third kappa shape index (κ3) is 8.40.